The molecule has 0 unspecified atom stereocenters. The molecule has 1 aliphatic carbocycles. The van der Waals surface area contributed by atoms with Crippen molar-refractivity contribution in [3.8, 4) is 0 Å². The van der Waals surface area contributed by atoms with Gasteiger partial charge in [0.15, 0.2) is 17.3 Å². The number of nitrogens with one attached hydrogen (secondary N) is 2. The van der Waals surface area contributed by atoms with Crippen molar-refractivity contribution in [2.75, 3.05) is 18.5 Å². The van der Waals surface area contributed by atoms with Gasteiger partial charge in [0.25, 0.3) is 6.01 Å². The minimum Gasteiger partial charge on any atom is -0.490 e. The molecule has 2 N–H and O–H groups in total. The molecule has 3 heterocycles. The van der Waals surface area contributed by atoms with Crippen LogP contribution in [0.15, 0.2) is 64.8 Å². The van der Waals surface area contributed by atoms with Gasteiger partial charge in [-0.1, -0.05) is 6.08 Å². The van der Waals surface area contributed by atoms with E-state index in [2.05, 4.69) is 26.6 Å². The van der Waals surface area contributed by atoms with Crippen LogP contribution in [-0.2, 0) is 9.47 Å². The molecule has 27 heavy (non-hydrogen) atoms. The highest BCUT2D eigenvalue weighted by Crippen LogP contribution is 2.30. The number of oxazole rings is 1. The number of ether oxygens (including phenoxy) is 2. The Morgan fingerprint density at radius 3 is 2.93 bits per heavy atom. The van der Waals surface area contributed by atoms with Crippen molar-refractivity contribution in [2.45, 2.75) is 12.8 Å². The Morgan fingerprint density at radius 1 is 1.04 bits per heavy atom. The van der Waals surface area contributed by atoms with Crippen LogP contribution in [0.3, 0.4) is 0 Å². The van der Waals surface area contributed by atoms with Crippen molar-refractivity contribution in [3.05, 3.63) is 66.1 Å². The Labute approximate surface area is 155 Å². The van der Waals surface area contributed by atoms with Crippen molar-refractivity contribution < 1.29 is 13.9 Å². The van der Waals surface area contributed by atoms with Crippen molar-refractivity contribution in [1.29, 1.82) is 0 Å². The summed E-state index contributed by atoms with van der Waals surface area (Å²) in [6.45, 7) is 1.33. The van der Waals surface area contributed by atoms with E-state index in [0.717, 1.165) is 46.5 Å². The summed E-state index contributed by atoms with van der Waals surface area (Å²) in [4.78, 5) is 4.35. The Hall–Kier alpha value is -3.48. The summed E-state index contributed by atoms with van der Waals surface area (Å²) in [5.41, 5.74) is 2.79. The van der Waals surface area contributed by atoms with Crippen molar-refractivity contribution >= 4 is 28.2 Å². The van der Waals surface area contributed by atoms with Gasteiger partial charge < -0.3 is 19.2 Å². The molecule has 7 nitrogen and oxygen atoms in total. The first-order chi connectivity index (χ1) is 13.3. The fraction of sp³-hybridized carbons (Fsp3) is 0.200. The predicted molar refractivity (Wildman–Crippen MR) is 101 cm³/mol. The lowest BCUT2D eigenvalue weighted by molar-refractivity contribution is 0.220. The predicted octanol–water partition coefficient (Wildman–Crippen LogP) is 4.29. The molecule has 1 fully saturated rings. The zero-order valence-electron chi connectivity index (χ0n) is 14.6. The molecule has 0 bridgehead atoms. The van der Waals surface area contributed by atoms with Crippen LogP contribution >= 0.6 is 0 Å². The van der Waals surface area contributed by atoms with Crippen molar-refractivity contribution in [3.63, 3.8) is 0 Å². The van der Waals surface area contributed by atoms with Crippen molar-refractivity contribution in [1.82, 2.24) is 15.2 Å². The molecule has 1 saturated heterocycles. The number of nitrogens with zero attached hydrogens (tertiary/aromatic N) is 2. The van der Waals surface area contributed by atoms with E-state index in [-0.39, 0.29) is 0 Å². The highest BCUT2D eigenvalue weighted by molar-refractivity contribution is 5.82. The van der Waals surface area contributed by atoms with Crippen LogP contribution in [0.25, 0.3) is 16.5 Å². The average Bonchev–Trinajstić information content (AvgIpc) is 3.21. The number of aromatic amines is 1. The van der Waals surface area contributed by atoms with Gasteiger partial charge in [-0.3, -0.25) is 5.10 Å². The van der Waals surface area contributed by atoms with Gasteiger partial charge in [0, 0.05) is 23.1 Å². The van der Waals surface area contributed by atoms with Crippen LogP contribution in [0.5, 0.6) is 0 Å². The third kappa shape index (κ3) is 3.19. The average molecular weight is 362 g/mol. The topological polar surface area (TPSA) is 85.2 Å². The van der Waals surface area contributed by atoms with Crippen LogP contribution in [0.4, 0.5) is 11.7 Å². The van der Waals surface area contributed by atoms with Gasteiger partial charge >= 0.3 is 0 Å². The number of allylic oxidation sites excluding steroid dienone is 4. The molecule has 1 aliphatic heterocycles. The molecule has 0 spiro atoms. The molecular weight excluding hydrogens is 344 g/mol. The van der Waals surface area contributed by atoms with E-state index >= 15 is 0 Å². The third-order valence-electron chi connectivity index (χ3n) is 4.46. The van der Waals surface area contributed by atoms with Crippen molar-refractivity contribution in [2.24, 2.45) is 0 Å². The summed E-state index contributed by atoms with van der Waals surface area (Å²) in [6.07, 6.45) is 11.2. The number of benzene rings is 1. The zero-order chi connectivity index (χ0) is 18.1. The number of hydrogen-bond acceptors (Lipinski definition) is 6. The summed E-state index contributed by atoms with van der Waals surface area (Å²) in [5.74, 6) is 2.22. The first kappa shape index (κ1) is 15.7. The zero-order valence-corrected chi connectivity index (χ0v) is 14.6. The van der Waals surface area contributed by atoms with E-state index < -0.39 is 0 Å². The normalized spacial score (nSPS) is 16.8. The molecule has 0 amide bonds. The fourth-order valence-electron chi connectivity index (χ4n) is 3.11. The van der Waals surface area contributed by atoms with E-state index in [1.165, 1.54) is 0 Å². The van der Waals surface area contributed by atoms with Crippen LogP contribution in [0.1, 0.15) is 18.6 Å². The van der Waals surface area contributed by atoms with Gasteiger partial charge in [-0.15, -0.1) is 0 Å². The minimum absolute atomic E-state index is 0.433. The van der Waals surface area contributed by atoms with E-state index in [4.69, 9.17) is 13.9 Å². The molecule has 7 heteroatoms. The highest BCUT2D eigenvalue weighted by atomic mass is 16.5. The summed E-state index contributed by atoms with van der Waals surface area (Å²) in [7, 11) is 0. The molecule has 0 atom stereocenters. The van der Waals surface area contributed by atoms with E-state index in [0.29, 0.717) is 25.0 Å². The summed E-state index contributed by atoms with van der Waals surface area (Å²) < 4.78 is 17.5. The number of hydrogen-bond donors (Lipinski definition) is 2. The van der Waals surface area contributed by atoms with Crippen LogP contribution in [0.2, 0.25) is 0 Å². The van der Waals surface area contributed by atoms with Gasteiger partial charge in [-0.05, 0) is 36.8 Å². The fourth-order valence-corrected chi connectivity index (χ4v) is 3.11. The maximum absolute atomic E-state index is 5.91. The quantitative estimate of drug-likeness (QED) is 0.723. The molecule has 1 aromatic carbocycles. The number of rotatable bonds is 3. The highest BCUT2D eigenvalue weighted by Gasteiger charge is 2.17. The van der Waals surface area contributed by atoms with Gasteiger partial charge in [-0.2, -0.15) is 5.10 Å². The van der Waals surface area contributed by atoms with Gasteiger partial charge in [0.05, 0.1) is 31.1 Å². The summed E-state index contributed by atoms with van der Waals surface area (Å²) in [6, 6.07) is 6.33. The van der Waals surface area contributed by atoms with Gasteiger partial charge in [0.1, 0.15) is 0 Å². The van der Waals surface area contributed by atoms with Gasteiger partial charge in [0.2, 0.25) is 0 Å². The maximum Gasteiger partial charge on any atom is 0.299 e. The molecule has 3 aromatic rings. The molecule has 2 aliphatic rings. The number of aromatic nitrogens is 3. The van der Waals surface area contributed by atoms with E-state index in [1.54, 1.807) is 12.4 Å². The second kappa shape index (κ2) is 6.68. The third-order valence-corrected chi connectivity index (χ3v) is 4.46. The van der Waals surface area contributed by atoms with E-state index in [1.807, 2.05) is 30.4 Å². The number of anilines is 2. The van der Waals surface area contributed by atoms with Crippen LogP contribution in [0, 0.1) is 0 Å². The second-order valence-electron chi connectivity index (χ2n) is 6.35. The Balaban J connectivity index is 1.38. The summed E-state index contributed by atoms with van der Waals surface area (Å²) in [5, 5.41) is 11.2. The lowest BCUT2D eigenvalue weighted by atomic mass is 10.2. The van der Waals surface area contributed by atoms with Crippen LogP contribution in [-0.4, -0.2) is 28.4 Å². The molecule has 0 saturated carbocycles. The first-order valence-electron chi connectivity index (χ1n) is 8.89. The van der Waals surface area contributed by atoms with E-state index in [9.17, 15) is 0 Å². The first-order valence-corrected chi connectivity index (χ1v) is 8.89. The Morgan fingerprint density at radius 2 is 1.96 bits per heavy atom. The second-order valence-corrected chi connectivity index (χ2v) is 6.35. The van der Waals surface area contributed by atoms with Crippen LogP contribution < -0.4 is 5.32 Å². The lowest BCUT2D eigenvalue weighted by Crippen LogP contribution is -1.94. The monoisotopic (exact) mass is 362 g/mol. The smallest absolute Gasteiger partial charge is 0.299 e. The number of fused-ring (bicyclic) bond motifs is 2. The maximum atomic E-state index is 5.91. The number of H-pyrrole nitrogens is 1. The standard InChI is InChI=1S/C20H18N4O3/c1-3-13(10-18-17(4-1)25-7-2-8-26-18)19-12-21-20(27-19)23-15-5-6-16-14(9-15)11-22-24-16/h3-6,9-12H,1-2,7-8H2,(H,21,23)(H,22,24). The summed E-state index contributed by atoms with van der Waals surface area (Å²) >= 11 is 0. The Bertz CT molecular complexity index is 1070. The molecule has 2 aromatic heterocycles. The molecule has 136 valence electrons. The lowest BCUT2D eigenvalue weighted by Gasteiger charge is -2.08. The Kier molecular flexibility index (Phi) is 3.90. The SMILES string of the molecule is C1=C2OCCCOC2=CC(c2cnc(Nc3ccc4[nH]ncc4c3)o2)=CC1. The largest absolute Gasteiger partial charge is 0.490 e. The molecule has 5 rings (SSSR count). The van der Waals surface area contributed by atoms with Gasteiger partial charge in [-0.25, -0.2) is 4.98 Å². The molecule has 0 radical (unpaired) electrons. The molecular formula is C20H18N4O3. The minimum atomic E-state index is 0.433.